The molecule has 3 heterocycles. The smallest absolute Gasteiger partial charge is 0.267 e. The van der Waals surface area contributed by atoms with Crippen LogP contribution in [0.25, 0.3) is 11.7 Å². The number of ether oxygens (including phenoxy) is 2. The number of aromatic nitrogens is 2. The van der Waals surface area contributed by atoms with E-state index in [0.717, 1.165) is 11.8 Å². The van der Waals surface area contributed by atoms with Gasteiger partial charge in [0.15, 0.2) is 0 Å². The maximum absolute atomic E-state index is 13.1. The van der Waals surface area contributed by atoms with Crippen molar-refractivity contribution in [2.75, 3.05) is 51.9 Å². The first kappa shape index (κ1) is 23.4. The molecule has 0 unspecified atom stereocenters. The van der Waals surface area contributed by atoms with Crippen LogP contribution in [0.2, 0.25) is 0 Å². The van der Waals surface area contributed by atoms with E-state index in [0.29, 0.717) is 53.4 Å². The van der Waals surface area contributed by atoms with Crippen molar-refractivity contribution in [2.24, 2.45) is 0 Å². The Morgan fingerprint density at radius 3 is 2.90 bits per heavy atom. The summed E-state index contributed by atoms with van der Waals surface area (Å²) < 4.78 is 12.2. The summed E-state index contributed by atoms with van der Waals surface area (Å²) in [6, 6.07) is 5.26. The SMILES string of the molecule is COCCCN1C(=O)C(=Cc2c(NCCOCCO)nc3ccccn3c2=O)SC1=S. The fourth-order valence-electron chi connectivity index (χ4n) is 2.97. The van der Waals surface area contributed by atoms with E-state index in [-0.39, 0.29) is 30.2 Å². The average Bonchev–Trinajstić information content (AvgIpc) is 3.03. The van der Waals surface area contributed by atoms with Crippen LogP contribution in [0, 0.1) is 0 Å². The zero-order valence-electron chi connectivity index (χ0n) is 17.1. The van der Waals surface area contributed by atoms with E-state index >= 15 is 0 Å². The quantitative estimate of drug-likeness (QED) is 0.290. The molecular weight excluding hydrogens is 440 g/mol. The van der Waals surface area contributed by atoms with Gasteiger partial charge in [0.25, 0.3) is 11.5 Å². The van der Waals surface area contributed by atoms with Crippen molar-refractivity contribution in [1.29, 1.82) is 0 Å². The van der Waals surface area contributed by atoms with Gasteiger partial charge >= 0.3 is 0 Å². The molecule has 1 aliphatic heterocycles. The number of nitrogens with one attached hydrogen (secondary N) is 1. The van der Waals surface area contributed by atoms with Crippen LogP contribution in [-0.4, -0.2) is 76.2 Å². The highest BCUT2D eigenvalue weighted by atomic mass is 32.2. The predicted molar refractivity (Wildman–Crippen MR) is 124 cm³/mol. The number of nitrogens with zero attached hydrogens (tertiary/aromatic N) is 3. The predicted octanol–water partition coefficient (Wildman–Crippen LogP) is 1.35. The number of pyridine rings is 1. The van der Waals surface area contributed by atoms with E-state index in [1.807, 2.05) is 0 Å². The topological polar surface area (TPSA) is 105 Å². The Labute approximate surface area is 189 Å². The van der Waals surface area contributed by atoms with Crippen LogP contribution in [0.5, 0.6) is 0 Å². The van der Waals surface area contributed by atoms with Gasteiger partial charge in [-0.2, -0.15) is 0 Å². The molecule has 1 aliphatic rings. The van der Waals surface area contributed by atoms with Gasteiger partial charge < -0.3 is 19.9 Å². The standard InChI is InChI=1S/C20H24N4O5S2/c1-28-10-4-8-24-19(27)15(31-20(24)30)13-14-17(21-6-11-29-12-9-25)22-16-5-2-3-7-23(16)18(14)26/h2-3,5,7,13,21,25H,4,6,8-12H2,1H3. The summed E-state index contributed by atoms with van der Waals surface area (Å²) in [5, 5.41) is 11.9. The van der Waals surface area contributed by atoms with Gasteiger partial charge in [0.2, 0.25) is 0 Å². The third kappa shape index (κ3) is 5.69. The number of aliphatic hydroxyl groups excluding tert-OH is 1. The second kappa shape index (κ2) is 11.3. The molecule has 1 fully saturated rings. The van der Waals surface area contributed by atoms with Gasteiger partial charge in [-0.05, 0) is 24.6 Å². The monoisotopic (exact) mass is 464 g/mol. The van der Waals surface area contributed by atoms with Crippen LogP contribution in [0.4, 0.5) is 5.82 Å². The van der Waals surface area contributed by atoms with E-state index in [1.165, 1.54) is 9.30 Å². The molecule has 0 spiro atoms. The van der Waals surface area contributed by atoms with Crippen LogP contribution in [0.1, 0.15) is 12.0 Å². The summed E-state index contributed by atoms with van der Waals surface area (Å²) in [6.07, 6.45) is 3.84. The van der Waals surface area contributed by atoms with Crippen molar-refractivity contribution in [3.05, 3.63) is 45.2 Å². The Balaban J connectivity index is 1.91. The van der Waals surface area contributed by atoms with E-state index in [4.69, 9.17) is 26.8 Å². The van der Waals surface area contributed by atoms with Gasteiger partial charge in [-0.1, -0.05) is 30.0 Å². The van der Waals surface area contributed by atoms with Crippen molar-refractivity contribution >= 4 is 51.7 Å². The number of hydrogen-bond donors (Lipinski definition) is 2. The molecule has 0 bridgehead atoms. The number of carbonyl (C=O) groups excluding carboxylic acids is 1. The van der Waals surface area contributed by atoms with Crippen molar-refractivity contribution in [3.8, 4) is 0 Å². The van der Waals surface area contributed by atoms with Crippen LogP contribution in [0.3, 0.4) is 0 Å². The second-order valence-corrected chi connectivity index (χ2v) is 8.23. The second-order valence-electron chi connectivity index (χ2n) is 6.55. The molecule has 2 N–H and O–H groups in total. The average molecular weight is 465 g/mol. The highest BCUT2D eigenvalue weighted by Crippen LogP contribution is 2.33. The molecule has 3 rings (SSSR count). The maximum Gasteiger partial charge on any atom is 0.267 e. The van der Waals surface area contributed by atoms with Crippen LogP contribution < -0.4 is 10.9 Å². The largest absolute Gasteiger partial charge is 0.394 e. The van der Waals surface area contributed by atoms with Crippen molar-refractivity contribution in [2.45, 2.75) is 6.42 Å². The number of fused-ring (bicyclic) bond motifs is 1. The fourth-order valence-corrected chi connectivity index (χ4v) is 4.26. The minimum atomic E-state index is -0.297. The third-order valence-corrected chi connectivity index (χ3v) is 5.80. The number of rotatable bonds is 11. The first-order valence-electron chi connectivity index (χ1n) is 9.75. The highest BCUT2D eigenvalue weighted by molar-refractivity contribution is 8.26. The number of aliphatic hydroxyl groups is 1. The van der Waals surface area contributed by atoms with Crippen LogP contribution >= 0.6 is 24.0 Å². The zero-order valence-corrected chi connectivity index (χ0v) is 18.7. The summed E-state index contributed by atoms with van der Waals surface area (Å²) >= 11 is 6.51. The van der Waals surface area contributed by atoms with Crippen LogP contribution in [0.15, 0.2) is 34.1 Å². The molecule has 2 aromatic heterocycles. The van der Waals surface area contributed by atoms with E-state index in [9.17, 15) is 9.59 Å². The van der Waals surface area contributed by atoms with E-state index in [2.05, 4.69) is 10.3 Å². The molecule has 31 heavy (non-hydrogen) atoms. The van der Waals surface area contributed by atoms with Gasteiger partial charge in [-0.3, -0.25) is 18.9 Å². The third-order valence-electron chi connectivity index (χ3n) is 4.42. The number of thiocarbonyl (C=S) groups is 1. The fraction of sp³-hybridized carbons (Fsp3) is 0.400. The highest BCUT2D eigenvalue weighted by Gasteiger charge is 2.32. The summed E-state index contributed by atoms with van der Waals surface area (Å²) in [5.74, 6) is 0.120. The molecule has 0 saturated carbocycles. The number of thioether (sulfide) groups is 1. The molecule has 1 amide bonds. The lowest BCUT2D eigenvalue weighted by atomic mass is 10.2. The summed E-state index contributed by atoms with van der Waals surface area (Å²) in [6.45, 7) is 1.86. The zero-order chi connectivity index (χ0) is 22.2. The first-order valence-corrected chi connectivity index (χ1v) is 11.0. The van der Waals surface area contributed by atoms with Crippen molar-refractivity contribution in [1.82, 2.24) is 14.3 Å². The molecule has 166 valence electrons. The van der Waals surface area contributed by atoms with Crippen LogP contribution in [-0.2, 0) is 14.3 Å². The summed E-state index contributed by atoms with van der Waals surface area (Å²) in [5.41, 5.74) is 0.452. The number of methoxy groups -OCH3 is 1. The van der Waals surface area contributed by atoms with Gasteiger partial charge in [0.05, 0.1) is 30.3 Å². The molecule has 1 saturated heterocycles. The molecule has 0 atom stereocenters. The lowest BCUT2D eigenvalue weighted by molar-refractivity contribution is -0.122. The number of hydrogen-bond acceptors (Lipinski definition) is 9. The minimum absolute atomic E-state index is 0.0625. The minimum Gasteiger partial charge on any atom is -0.394 e. The van der Waals surface area contributed by atoms with E-state index < -0.39 is 0 Å². The Hall–Kier alpha value is -2.31. The number of amides is 1. The summed E-state index contributed by atoms with van der Waals surface area (Å²) in [4.78, 5) is 32.4. The molecule has 2 aromatic rings. The Kier molecular flexibility index (Phi) is 8.55. The normalized spacial score (nSPS) is 15.4. The first-order chi connectivity index (χ1) is 15.1. The van der Waals surface area contributed by atoms with E-state index in [1.54, 1.807) is 37.6 Å². The number of anilines is 1. The van der Waals surface area contributed by atoms with Crippen molar-refractivity contribution < 1.29 is 19.4 Å². The Bertz CT molecular complexity index is 1040. The number of carbonyl (C=O) groups is 1. The van der Waals surface area contributed by atoms with Gasteiger partial charge in [-0.25, -0.2) is 4.98 Å². The molecule has 0 aromatic carbocycles. The molecule has 0 radical (unpaired) electrons. The molecule has 11 heteroatoms. The molecular formula is C20H24N4O5S2. The van der Waals surface area contributed by atoms with Crippen molar-refractivity contribution in [3.63, 3.8) is 0 Å². The lowest BCUT2D eigenvalue weighted by Crippen LogP contribution is -2.29. The maximum atomic E-state index is 13.1. The molecule has 0 aliphatic carbocycles. The Morgan fingerprint density at radius 1 is 1.29 bits per heavy atom. The van der Waals surface area contributed by atoms with Gasteiger partial charge in [0.1, 0.15) is 15.8 Å². The Morgan fingerprint density at radius 2 is 2.13 bits per heavy atom. The van der Waals surface area contributed by atoms with Gasteiger partial charge in [0, 0.05) is 33.0 Å². The summed E-state index contributed by atoms with van der Waals surface area (Å²) in [7, 11) is 1.60. The molecule has 9 nitrogen and oxygen atoms in total. The lowest BCUT2D eigenvalue weighted by Gasteiger charge is -2.13. The van der Waals surface area contributed by atoms with Gasteiger partial charge in [-0.15, -0.1) is 0 Å².